The molecule has 3 rings (SSSR count). The molecule has 0 bridgehead atoms. The van der Waals surface area contributed by atoms with Crippen LogP contribution in [-0.2, 0) is 19.1 Å². The fraction of sp³-hybridized carbons (Fsp3) is 0.533. The molecule has 3 aliphatic rings. The van der Waals surface area contributed by atoms with Crippen LogP contribution in [-0.4, -0.2) is 45.2 Å². The molecule has 24 heavy (non-hydrogen) atoms. The van der Waals surface area contributed by atoms with Gasteiger partial charge in [-0.25, -0.2) is 0 Å². The zero-order valence-electron chi connectivity index (χ0n) is 13.0. The summed E-state index contributed by atoms with van der Waals surface area (Å²) in [4.78, 5) is 36.3. The number of halogens is 1. The SMILES string of the molecule is Br.CC(=O)OCC1CC(=C2C(=O)N3C=CC(N)S[C@H]23)CC1C(=O)O. The third kappa shape index (κ3) is 3.38. The first-order valence-electron chi connectivity index (χ1n) is 7.38. The highest BCUT2D eigenvalue weighted by molar-refractivity contribution is 8.93. The van der Waals surface area contributed by atoms with Gasteiger partial charge in [0.2, 0.25) is 0 Å². The van der Waals surface area contributed by atoms with E-state index in [-0.39, 0.29) is 46.2 Å². The summed E-state index contributed by atoms with van der Waals surface area (Å²) in [5, 5.41) is 9.09. The minimum atomic E-state index is -0.922. The number of amides is 1. The minimum Gasteiger partial charge on any atom is -0.481 e. The molecular weight excluding hydrogens is 400 g/mol. The average Bonchev–Trinajstić information content (AvgIpc) is 2.88. The molecule has 3 N–H and O–H groups in total. The summed E-state index contributed by atoms with van der Waals surface area (Å²) in [5.41, 5.74) is 7.41. The number of esters is 1. The molecule has 0 radical (unpaired) electrons. The molecule has 1 saturated heterocycles. The number of nitrogens with two attached hydrogens (primary N) is 1. The van der Waals surface area contributed by atoms with Gasteiger partial charge in [0.1, 0.15) is 5.37 Å². The maximum Gasteiger partial charge on any atom is 0.307 e. The summed E-state index contributed by atoms with van der Waals surface area (Å²) in [7, 11) is 0. The molecule has 1 aliphatic carbocycles. The van der Waals surface area contributed by atoms with E-state index in [4.69, 9.17) is 10.5 Å². The second-order valence-electron chi connectivity index (χ2n) is 5.94. The number of hydrogen-bond acceptors (Lipinski definition) is 6. The number of ether oxygens (including phenoxy) is 1. The van der Waals surface area contributed by atoms with Crippen molar-refractivity contribution in [2.24, 2.45) is 17.6 Å². The predicted molar refractivity (Wildman–Crippen MR) is 93.2 cm³/mol. The summed E-state index contributed by atoms with van der Waals surface area (Å²) in [5.74, 6) is -2.36. The molecule has 0 aromatic rings. The second kappa shape index (κ2) is 7.28. The predicted octanol–water partition coefficient (Wildman–Crippen LogP) is 1.25. The Hall–Kier alpha value is -1.32. The molecule has 7 nitrogen and oxygen atoms in total. The smallest absolute Gasteiger partial charge is 0.307 e. The molecule has 4 atom stereocenters. The molecule has 1 amide bonds. The van der Waals surface area contributed by atoms with E-state index in [2.05, 4.69) is 0 Å². The van der Waals surface area contributed by atoms with Crippen molar-refractivity contribution < 1.29 is 24.2 Å². The number of hydrogen-bond donors (Lipinski definition) is 2. The highest BCUT2D eigenvalue weighted by Gasteiger charge is 2.48. The van der Waals surface area contributed by atoms with E-state index in [9.17, 15) is 19.5 Å². The Balaban J connectivity index is 0.00000208. The number of carbonyl (C=O) groups is 3. The van der Waals surface area contributed by atoms with Crippen LogP contribution in [0.5, 0.6) is 0 Å². The quantitative estimate of drug-likeness (QED) is 0.403. The molecule has 2 fully saturated rings. The zero-order valence-corrected chi connectivity index (χ0v) is 15.5. The van der Waals surface area contributed by atoms with Crippen molar-refractivity contribution in [1.82, 2.24) is 4.90 Å². The molecule has 132 valence electrons. The van der Waals surface area contributed by atoms with Gasteiger partial charge in [0.25, 0.3) is 5.91 Å². The average molecular weight is 419 g/mol. The van der Waals surface area contributed by atoms with Gasteiger partial charge in [-0.1, -0.05) is 5.57 Å². The Kier molecular flexibility index (Phi) is 5.77. The summed E-state index contributed by atoms with van der Waals surface area (Å²) < 4.78 is 4.98. The summed E-state index contributed by atoms with van der Waals surface area (Å²) >= 11 is 1.47. The van der Waals surface area contributed by atoms with Gasteiger partial charge in [0, 0.05) is 24.6 Å². The molecule has 3 unspecified atom stereocenters. The Morgan fingerprint density at radius 3 is 2.79 bits per heavy atom. The van der Waals surface area contributed by atoms with Crippen LogP contribution in [0.4, 0.5) is 0 Å². The Morgan fingerprint density at radius 1 is 1.46 bits per heavy atom. The van der Waals surface area contributed by atoms with Crippen molar-refractivity contribution in [3.63, 3.8) is 0 Å². The summed E-state index contributed by atoms with van der Waals surface area (Å²) in [6, 6.07) is 0. The third-order valence-corrected chi connectivity index (χ3v) is 5.62. The van der Waals surface area contributed by atoms with Crippen LogP contribution in [0.15, 0.2) is 23.4 Å². The maximum absolute atomic E-state index is 12.3. The number of carboxylic acid groups (broad SMARTS) is 1. The number of aliphatic carboxylic acids is 1. The lowest BCUT2D eigenvalue weighted by Gasteiger charge is -2.44. The lowest BCUT2D eigenvalue weighted by atomic mass is 9.97. The first-order chi connectivity index (χ1) is 10.9. The van der Waals surface area contributed by atoms with Crippen molar-refractivity contribution >= 4 is 46.6 Å². The van der Waals surface area contributed by atoms with Gasteiger partial charge in [-0.15, -0.1) is 28.7 Å². The lowest BCUT2D eigenvalue weighted by molar-refractivity contribution is -0.148. The van der Waals surface area contributed by atoms with Crippen LogP contribution in [0, 0.1) is 11.8 Å². The van der Waals surface area contributed by atoms with Crippen LogP contribution in [0.3, 0.4) is 0 Å². The minimum absolute atomic E-state index is 0. The van der Waals surface area contributed by atoms with Crippen LogP contribution in [0.2, 0.25) is 0 Å². The van der Waals surface area contributed by atoms with Crippen LogP contribution in [0.25, 0.3) is 0 Å². The van der Waals surface area contributed by atoms with Crippen molar-refractivity contribution in [2.45, 2.75) is 30.5 Å². The van der Waals surface area contributed by atoms with E-state index in [0.29, 0.717) is 18.4 Å². The Bertz CT molecular complexity index is 635. The van der Waals surface area contributed by atoms with Crippen LogP contribution < -0.4 is 5.73 Å². The first kappa shape index (κ1) is 19.0. The first-order valence-corrected chi connectivity index (χ1v) is 8.33. The Labute approximate surface area is 154 Å². The van der Waals surface area contributed by atoms with E-state index < -0.39 is 17.9 Å². The molecule has 1 saturated carbocycles. The molecule has 0 aromatic heterocycles. The number of fused-ring (bicyclic) bond motifs is 1. The van der Waals surface area contributed by atoms with Crippen molar-refractivity contribution in [2.75, 3.05) is 6.61 Å². The van der Waals surface area contributed by atoms with E-state index >= 15 is 0 Å². The third-order valence-electron chi connectivity index (χ3n) is 4.43. The molecular formula is C15H19BrN2O5S. The molecule has 0 aromatic carbocycles. The van der Waals surface area contributed by atoms with E-state index in [1.165, 1.54) is 18.7 Å². The van der Waals surface area contributed by atoms with Crippen molar-refractivity contribution in [1.29, 1.82) is 0 Å². The molecule has 0 spiro atoms. The Morgan fingerprint density at radius 2 is 2.17 bits per heavy atom. The molecule has 2 heterocycles. The van der Waals surface area contributed by atoms with Gasteiger partial charge < -0.3 is 15.6 Å². The van der Waals surface area contributed by atoms with E-state index in [0.717, 1.165) is 5.57 Å². The number of thioether (sulfide) groups is 1. The zero-order chi connectivity index (χ0) is 16.7. The fourth-order valence-corrected chi connectivity index (χ4v) is 4.44. The number of carbonyl (C=O) groups excluding carboxylic acids is 2. The monoisotopic (exact) mass is 418 g/mol. The normalized spacial score (nSPS) is 34.2. The number of β-lactam (4-membered cyclic amide) rings is 1. The highest BCUT2D eigenvalue weighted by atomic mass is 79.9. The van der Waals surface area contributed by atoms with Gasteiger partial charge in [-0.2, -0.15) is 0 Å². The van der Waals surface area contributed by atoms with Gasteiger partial charge in [0.05, 0.1) is 17.9 Å². The fourth-order valence-electron chi connectivity index (χ4n) is 3.28. The topological polar surface area (TPSA) is 110 Å². The van der Waals surface area contributed by atoms with E-state index in [1.54, 1.807) is 17.2 Å². The van der Waals surface area contributed by atoms with Crippen LogP contribution >= 0.6 is 28.7 Å². The standard InChI is InChI=1S/C15H18N2O5S.BrH/c1-7(18)22-6-9-4-8(5-10(9)15(20)21)12-13(19)17-3-2-11(16)23-14(12)17;/h2-3,9-11,14H,4-6,16H2,1H3,(H,20,21);1H/t9?,10?,11?,14-;/m1./s1. The number of nitrogens with zero attached hydrogens (tertiary/aromatic N) is 1. The van der Waals surface area contributed by atoms with Gasteiger partial charge in [-0.05, 0) is 18.9 Å². The largest absolute Gasteiger partial charge is 0.481 e. The highest BCUT2D eigenvalue weighted by Crippen LogP contribution is 2.47. The van der Waals surface area contributed by atoms with Crippen molar-refractivity contribution in [3.05, 3.63) is 23.4 Å². The maximum atomic E-state index is 12.3. The second-order valence-corrected chi connectivity index (χ2v) is 7.20. The van der Waals surface area contributed by atoms with Gasteiger partial charge in [-0.3, -0.25) is 19.3 Å². The summed E-state index contributed by atoms with van der Waals surface area (Å²) in [6.45, 7) is 1.36. The number of carboxylic acids is 1. The lowest BCUT2D eigenvalue weighted by Crippen LogP contribution is -2.53. The number of rotatable bonds is 3. The molecule has 2 aliphatic heterocycles. The van der Waals surface area contributed by atoms with Gasteiger partial charge >= 0.3 is 11.9 Å². The van der Waals surface area contributed by atoms with Crippen LogP contribution in [0.1, 0.15) is 19.8 Å². The van der Waals surface area contributed by atoms with Crippen molar-refractivity contribution in [3.8, 4) is 0 Å². The van der Waals surface area contributed by atoms with Gasteiger partial charge in [0.15, 0.2) is 0 Å². The molecule has 9 heteroatoms. The number of allylic oxidation sites excluding steroid dienone is 1. The van der Waals surface area contributed by atoms with E-state index in [1.807, 2.05) is 0 Å². The summed E-state index contributed by atoms with van der Waals surface area (Å²) in [6.07, 6.45) is 4.25.